The van der Waals surface area contributed by atoms with Gasteiger partial charge in [-0.1, -0.05) is 6.07 Å². The van der Waals surface area contributed by atoms with Gasteiger partial charge in [0.15, 0.2) is 0 Å². The van der Waals surface area contributed by atoms with Gasteiger partial charge in [-0.15, -0.1) is 0 Å². The summed E-state index contributed by atoms with van der Waals surface area (Å²) in [6.45, 7) is 0.756. The van der Waals surface area contributed by atoms with Gasteiger partial charge in [0.05, 0.1) is 0 Å². The number of nitrogens with one attached hydrogen (secondary N) is 1. The number of carbonyl (C=O) groups excluding carboxylic acids is 1. The van der Waals surface area contributed by atoms with Crippen molar-refractivity contribution in [2.24, 2.45) is 0 Å². The van der Waals surface area contributed by atoms with Crippen LogP contribution in [0.2, 0.25) is 0 Å². The van der Waals surface area contributed by atoms with E-state index in [2.05, 4.69) is 5.32 Å². The lowest BCUT2D eigenvalue weighted by atomic mass is 10.2. The normalized spacial score (nSPS) is 20.8. The van der Waals surface area contributed by atoms with Gasteiger partial charge in [-0.05, 0) is 24.6 Å². The minimum absolute atomic E-state index is 0.0688. The molecule has 80 valence electrons. The Morgan fingerprint density at radius 3 is 2.93 bits per heavy atom. The molecular formula is C11H13FN2O. The van der Waals surface area contributed by atoms with Crippen molar-refractivity contribution in [1.29, 1.82) is 0 Å². The van der Waals surface area contributed by atoms with Crippen LogP contribution in [0.1, 0.15) is 6.42 Å². The summed E-state index contributed by atoms with van der Waals surface area (Å²) >= 11 is 0. The quantitative estimate of drug-likeness (QED) is 0.798. The molecule has 1 aliphatic rings. The SMILES string of the molecule is CN1CCC(Nc2cccc(F)c2)C1=O. The van der Waals surface area contributed by atoms with Crippen LogP contribution in [0.25, 0.3) is 0 Å². The van der Waals surface area contributed by atoms with E-state index in [1.165, 1.54) is 12.1 Å². The molecule has 1 N–H and O–H groups in total. The van der Waals surface area contributed by atoms with Crippen molar-refractivity contribution in [3.63, 3.8) is 0 Å². The fourth-order valence-electron chi connectivity index (χ4n) is 1.74. The molecule has 3 nitrogen and oxygen atoms in total. The number of carbonyl (C=O) groups is 1. The second kappa shape index (κ2) is 3.88. The molecule has 0 spiro atoms. The van der Waals surface area contributed by atoms with E-state index in [-0.39, 0.29) is 17.8 Å². The third-order valence-electron chi connectivity index (χ3n) is 2.59. The molecule has 1 unspecified atom stereocenters. The summed E-state index contributed by atoms with van der Waals surface area (Å²) in [6.07, 6.45) is 0.770. The Labute approximate surface area is 87.9 Å². The maximum atomic E-state index is 12.9. The smallest absolute Gasteiger partial charge is 0.244 e. The van der Waals surface area contributed by atoms with Crippen molar-refractivity contribution in [2.75, 3.05) is 18.9 Å². The Balaban J connectivity index is 2.06. The number of likely N-dealkylation sites (tertiary alicyclic amines) is 1. The van der Waals surface area contributed by atoms with Gasteiger partial charge in [0.2, 0.25) is 5.91 Å². The lowest BCUT2D eigenvalue weighted by Crippen LogP contribution is -2.30. The third kappa shape index (κ3) is 2.09. The number of nitrogens with zero attached hydrogens (tertiary/aromatic N) is 1. The number of hydrogen-bond acceptors (Lipinski definition) is 2. The number of rotatable bonds is 2. The van der Waals surface area contributed by atoms with Gasteiger partial charge >= 0.3 is 0 Å². The molecule has 1 fully saturated rings. The van der Waals surface area contributed by atoms with Gasteiger partial charge in [0.25, 0.3) is 0 Å². The molecule has 0 radical (unpaired) electrons. The predicted octanol–water partition coefficient (Wildman–Crippen LogP) is 1.47. The van der Waals surface area contributed by atoms with Crippen LogP contribution in [0, 0.1) is 5.82 Å². The minimum atomic E-state index is -0.293. The number of likely N-dealkylation sites (N-methyl/N-ethyl adjacent to an activating group) is 1. The van der Waals surface area contributed by atoms with Gasteiger partial charge in [0, 0.05) is 19.3 Å². The lowest BCUT2D eigenvalue weighted by molar-refractivity contribution is -0.127. The zero-order valence-electron chi connectivity index (χ0n) is 8.53. The summed E-state index contributed by atoms with van der Waals surface area (Å²) in [5, 5.41) is 3.03. The molecule has 0 bridgehead atoms. The second-order valence-electron chi connectivity index (χ2n) is 3.76. The average Bonchev–Trinajstić information content (AvgIpc) is 2.50. The lowest BCUT2D eigenvalue weighted by Gasteiger charge is -2.13. The fourth-order valence-corrected chi connectivity index (χ4v) is 1.74. The predicted molar refractivity (Wildman–Crippen MR) is 56.1 cm³/mol. The van der Waals surface area contributed by atoms with Gasteiger partial charge in [-0.3, -0.25) is 4.79 Å². The van der Waals surface area contributed by atoms with Gasteiger partial charge < -0.3 is 10.2 Å². The average molecular weight is 208 g/mol. The molecule has 0 saturated carbocycles. The van der Waals surface area contributed by atoms with E-state index in [1.54, 1.807) is 24.1 Å². The highest BCUT2D eigenvalue weighted by Gasteiger charge is 2.28. The summed E-state index contributed by atoms with van der Waals surface area (Å²) < 4.78 is 12.9. The molecule has 1 aromatic rings. The summed E-state index contributed by atoms with van der Waals surface area (Å²) in [6, 6.07) is 5.95. The van der Waals surface area contributed by atoms with Crippen LogP contribution in [0.15, 0.2) is 24.3 Å². The van der Waals surface area contributed by atoms with Crippen LogP contribution >= 0.6 is 0 Å². The topological polar surface area (TPSA) is 32.3 Å². The van der Waals surface area contributed by atoms with Crippen LogP contribution < -0.4 is 5.32 Å². The van der Waals surface area contributed by atoms with Crippen LogP contribution in [-0.4, -0.2) is 30.4 Å². The summed E-state index contributed by atoms with van der Waals surface area (Å²) in [4.78, 5) is 13.2. The number of benzene rings is 1. The van der Waals surface area contributed by atoms with E-state index < -0.39 is 0 Å². The molecule has 1 atom stereocenters. The largest absolute Gasteiger partial charge is 0.374 e. The van der Waals surface area contributed by atoms with E-state index in [1.807, 2.05) is 0 Å². The zero-order valence-corrected chi connectivity index (χ0v) is 8.53. The summed E-state index contributed by atoms with van der Waals surface area (Å²) in [7, 11) is 1.77. The number of amides is 1. The molecule has 4 heteroatoms. The molecule has 1 amide bonds. The Morgan fingerprint density at radius 1 is 1.53 bits per heavy atom. The molecular weight excluding hydrogens is 195 g/mol. The van der Waals surface area contributed by atoms with Crippen molar-refractivity contribution in [3.8, 4) is 0 Å². The van der Waals surface area contributed by atoms with Crippen molar-refractivity contribution in [3.05, 3.63) is 30.1 Å². The molecule has 1 saturated heterocycles. The van der Waals surface area contributed by atoms with Crippen molar-refractivity contribution in [1.82, 2.24) is 4.90 Å². The minimum Gasteiger partial charge on any atom is -0.374 e. The number of anilines is 1. The molecule has 0 aromatic heterocycles. The van der Waals surface area contributed by atoms with E-state index in [0.29, 0.717) is 5.69 Å². The highest BCUT2D eigenvalue weighted by Crippen LogP contribution is 2.16. The first-order chi connectivity index (χ1) is 7.16. The highest BCUT2D eigenvalue weighted by molar-refractivity contribution is 5.86. The molecule has 1 aliphatic heterocycles. The van der Waals surface area contributed by atoms with Crippen molar-refractivity contribution in [2.45, 2.75) is 12.5 Å². The maximum Gasteiger partial charge on any atom is 0.244 e. The van der Waals surface area contributed by atoms with Crippen molar-refractivity contribution >= 4 is 11.6 Å². The summed E-state index contributed by atoms with van der Waals surface area (Å²) in [5.41, 5.74) is 0.656. The van der Waals surface area contributed by atoms with E-state index in [0.717, 1.165) is 13.0 Å². The standard InChI is InChI=1S/C11H13FN2O/c1-14-6-5-10(11(14)15)13-9-4-2-3-8(12)7-9/h2-4,7,10,13H,5-6H2,1H3. The Morgan fingerprint density at radius 2 is 2.33 bits per heavy atom. The first-order valence-corrected chi connectivity index (χ1v) is 4.94. The number of halogens is 1. The Kier molecular flexibility index (Phi) is 2.58. The third-order valence-corrected chi connectivity index (χ3v) is 2.59. The highest BCUT2D eigenvalue weighted by atomic mass is 19.1. The van der Waals surface area contributed by atoms with E-state index in [4.69, 9.17) is 0 Å². The first kappa shape index (κ1) is 9.96. The fraction of sp³-hybridized carbons (Fsp3) is 0.364. The second-order valence-corrected chi connectivity index (χ2v) is 3.76. The van der Waals surface area contributed by atoms with E-state index >= 15 is 0 Å². The monoisotopic (exact) mass is 208 g/mol. The Hall–Kier alpha value is -1.58. The van der Waals surface area contributed by atoms with Crippen molar-refractivity contribution < 1.29 is 9.18 Å². The zero-order chi connectivity index (χ0) is 10.8. The molecule has 1 aromatic carbocycles. The van der Waals surface area contributed by atoms with Crippen LogP contribution in [0.4, 0.5) is 10.1 Å². The van der Waals surface area contributed by atoms with E-state index in [9.17, 15) is 9.18 Å². The van der Waals surface area contributed by atoms with Crippen LogP contribution in [0.3, 0.4) is 0 Å². The Bertz CT molecular complexity index is 381. The molecule has 0 aliphatic carbocycles. The van der Waals surface area contributed by atoms with Crippen LogP contribution in [-0.2, 0) is 4.79 Å². The number of hydrogen-bond donors (Lipinski definition) is 1. The molecule has 2 rings (SSSR count). The maximum absolute atomic E-state index is 12.9. The van der Waals surface area contributed by atoms with Gasteiger partial charge in [0.1, 0.15) is 11.9 Å². The molecule has 15 heavy (non-hydrogen) atoms. The molecule has 1 heterocycles. The van der Waals surface area contributed by atoms with Crippen LogP contribution in [0.5, 0.6) is 0 Å². The summed E-state index contributed by atoms with van der Waals surface area (Å²) in [5.74, 6) is -0.224. The van der Waals surface area contributed by atoms with Gasteiger partial charge in [-0.2, -0.15) is 0 Å². The van der Waals surface area contributed by atoms with Gasteiger partial charge in [-0.25, -0.2) is 4.39 Å². The first-order valence-electron chi connectivity index (χ1n) is 4.94.